The smallest absolute Gasteiger partial charge is 0.320 e. The number of aliphatic imine (C=N–C) groups is 1. The lowest BCUT2D eigenvalue weighted by Gasteiger charge is -2.13. The Kier molecular flexibility index (Phi) is 17.0. The van der Waals surface area contributed by atoms with Crippen LogP contribution in [0.15, 0.2) is 4.99 Å². The van der Waals surface area contributed by atoms with Gasteiger partial charge in [0.05, 0.1) is 5.16 Å². The molecule has 0 spiro atoms. The summed E-state index contributed by atoms with van der Waals surface area (Å²) in [7, 11) is 0. The summed E-state index contributed by atoms with van der Waals surface area (Å²) in [6, 6.07) is -0.464. The van der Waals surface area contributed by atoms with Crippen LogP contribution in [-0.2, 0) is 4.79 Å². The number of nitrogens with one attached hydrogen (secondary N) is 1. The van der Waals surface area contributed by atoms with Gasteiger partial charge in [-0.25, -0.2) is 4.99 Å². The number of thiocarbonyl (C=S) groups is 1. The number of nitrogens with zero attached hydrogens (tertiary/aromatic N) is 1. The van der Waals surface area contributed by atoms with Crippen molar-refractivity contribution >= 4 is 23.3 Å². The van der Waals surface area contributed by atoms with E-state index in [1.807, 2.05) is 0 Å². The van der Waals surface area contributed by atoms with E-state index >= 15 is 0 Å². The third kappa shape index (κ3) is 15.9. The van der Waals surface area contributed by atoms with Crippen LogP contribution in [0.1, 0.15) is 84.0 Å². The van der Waals surface area contributed by atoms with Crippen molar-refractivity contribution < 1.29 is 9.90 Å². The summed E-state index contributed by atoms with van der Waals surface area (Å²) in [5, 5.41) is 14.6. The molecule has 134 valence electrons. The quantitative estimate of drug-likeness (QED) is 0.226. The van der Waals surface area contributed by atoms with E-state index in [0.717, 1.165) is 19.4 Å². The van der Waals surface area contributed by atoms with Crippen molar-refractivity contribution in [3.05, 3.63) is 0 Å². The van der Waals surface area contributed by atoms with Crippen LogP contribution in [0.3, 0.4) is 0 Å². The Morgan fingerprint density at radius 3 is 2.13 bits per heavy atom. The van der Waals surface area contributed by atoms with Crippen molar-refractivity contribution in [2.24, 2.45) is 4.99 Å². The summed E-state index contributed by atoms with van der Waals surface area (Å²) in [5.74, 6) is -0.775. The minimum atomic E-state index is -0.775. The number of hydrogen-bond donors (Lipinski definition) is 2. The number of unbranched alkanes of at least 4 members (excludes halogenated alkanes) is 9. The van der Waals surface area contributed by atoms with Gasteiger partial charge in [0.1, 0.15) is 6.04 Å². The first-order chi connectivity index (χ1) is 11.2. The number of hydrogen-bond acceptors (Lipinski definition) is 4. The molecule has 0 aliphatic carbocycles. The van der Waals surface area contributed by atoms with E-state index in [2.05, 4.69) is 34.6 Å². The molecule has 0 bridgehead atoms. The maximum absolute atomic E-state index is 11.1. The van der Waals surface area contributed by atoms with Gasteiger partial charge in [-0.15, -0.1) is 0 Å². The van der Waals surface area contributed by atoms with Crippen molar-refractivity contribution in [1.82, 2.24) is 5.32 Å². The highest BCUT2D eigenvalue weighted by Gasteiger charge is 2.15. The molecule has 5 heteroatoms. The highest BCUT2D eigenvalue weighted by Crippen LogP contribution is 2.10. The van der Waals surface area contributed by atoms with Gasteiger partial charge in [0, 0.05) is 6.54 Å². The van der Waals surface area contributed by atoms with Gasteiger partial charge in [-0.3, -0.25) is 4.79 Å². The standard InChI is InChI=1S/C18H34N2O2S/c1-2-3-4-5-6-7-8-9-10-11-15-20-17(18(21)22)13-12-14-19-16-23/h17,20H,2-15H2,1H3,(H,21,22). The average Bonchev–Trinajstić information content (AvgIpc) is 2.54. The van der Waals surface area contributed by atoms with Crippen LogP contribution in [0.2, 0.25) is 0 Å². The second kappa shape index (κ2) is 17.6. The molecule has 0 saturated heterocycles. The highest BCUT2D eigenvalue weighted by molar-refractivity contribution is 7.78. The Bertz CT molecular complexity index is 331. The molecule has 0 rings (SSSR count). The van der Waals surface area contributed by atoms with Crippen LogP contribution in [0, 0.1) is 0 Å². The van der Waals surface area contributed by atoms with Gasteiger partial charge in [-0.1, -0.05) is 64.7 Å². The lowest BCUT2D eigenvalue weighted by Crippen LogP contribution is -2.37. The van der Waals surface area contributed by atoms with Gasteiger partial charge >= 0.3 is 5.97 Å². The predicted molar refractivity (Wildman–Crippen MR) is 100 cm³/mol. The summed E-state index contributed by atoms with van der Waals surface area (Å²) in [6.45, 7) is 3.59. The molecule has 2 N–H and O–H groups in total. The highest BCUT2D eigenvalue weighted by atomic mass is 32.1. The second-order valence-electron chi connectivity index (χ2n) is 6.14. The molecule has 23 heavy (non-hydrogen) atoms. The van der Waals surface area contributed by atoms with E-state index in [9.17, 15) is 4.79 Å². The minimum Gasteiger partial charge on any atom is -0.480 e. The lowest BCUT2D eigenvalue weighted by molar-refractivity contribution is -0.139. The molecular formula is C18H34N2O2S. The fourth-order valence-electron chi connectivity index (χ4n) is 2.62. The van der Waals surface area contributed by atoms with Gasteiger partial charge in [0.25, 0.3) is 0 Å². The first-order valence-corrected chi connectivity index (χ1v) is 9.63. The molecule has 0 aromatic heterocycles. The summed E-state index contributed by atoms with van der Waals surface area (Å²) >= 11 is 4.49. The monoisotopic (exact) mass is 342 g/mol. The van der Waals surface area contributed by atoms with E-state index < -0.39 is 12.0 Å². The normalized spacial score (nSPS) is 11.9. The molecule has 0 aliphatic heterocycles. The van der Waals surface area contributed by atoms with Gasteiger partial charge in [0.15, 0.2) is 0 Å². The van der Waals surface area contributed by atoms with Crippen LogP contribution in [-0.4, -0.2) is 35.4 Å². The third-order valence-corrected chi connectivity index (χ3v) is 4.18. The zero-order chi connectivity index (χ0) is 17.2. The maximum atomic E-state index is 11.1. The molecule has 4 nitrogen and oxygen atoms in total. The van der Waals surface area contributed by atoms with Gasteiger partial charge in [-0.2, -0.15) is 0 Å². The number of carboxylic acid groups (broad SMARTS) is 1. The fraction of sp³-hybridized carbons (Fsp3) is 0.889. The van der Waals surface area contributed by atoms with E-state index in [1.54, 1.807) is 0 Å². The first-order valence-electron chi connectivity index (χ1n) is 9.22. The van der Waals surface area contributed by atoms with Crippen LogP contribution in [0.4, 0.5) is 0 Å². The molecule has 1 atom stereocenters. The SMILES string of the molecule is CCCCCCCCCCCCNC(CCCN=C=S)C(=O)O. The summed E-state index contributed by atoms with van der Waals surface area (Å²) in [5.41, 5.74) is 0. The van der Waals surface area contributed by atoms with Crippen molar-refractivity contribution in [3.8, 4) is 0 Å². The number of isothiocyanates is 1. The Hall–Kier alpha value is -0.770. The molecule has 0 fully saturated rings. The molecule has 0 heterocycles. The topological polar surface area (TPSA) is 61.7 Å². The largest absolute Gasteiger partial charge is 0.480 e. The van der Waals surface area contributed by atoms with E-state index in [1.165, 1.54) is 57.8 Å². The van der Waals surface area contributed by atoms with Crippen molar-refractivity contribution in [3.63, 3.8) is 0 Å². The number of carbonyl (C=O) groups is 1. The van der Waals surface area contributed by atoms with Crippen molar-refractivity contribution in [2.45, 2.75) is 90.0 Å². The number of aliphatic carboxylic acids is 1. The predicted octanol–water partition coefficient (Wildman–Crippen LogP) is 4.83. The summed E-state index contributed by atoms with van der Waals surface area (Å²) < 4.78 is 0. The average molecular weight is 343 g/mol. The molecule has 0 aliphatic rings. The number of rotatable bonds is 17. The zero-order valence-corrected chi connectivity index (χ0v) is 15.5. The molecule has 0 aromatic carbocycles. The molecule has 0 saturated carbocycles. The molecule has 0 radical (unpaired) electrons. The summed E-state index contributed by atoms with van der Waals surface area (Å²) in [4.78, 5) is 15.0. The first kappa shape index (κ1) is 22.2. The third-order valence-electron chi connectivity index (χ3n) is 4.05. The van der Waals surface area contributed by atoms with E-state index in [4.69, 9.17) is 5.11 Å². The Morgan fingerprint density at radius 1 is 1.04 bits per heavy atom. The summed E-state index contributed by atoms with van der Waals surface area (Å²) in [6.07, 6.45) is 14.3. The van der Waals surface area contributed by atoms with Crippen molar-refractivity contribution in [1.29, 1.82) is 0 Å². The maximum Gasteiger partial charge on any atom is 0.320 e. The Balaban J connectivity index is 3.45. The van der Waals surface area contributed by atoms with Crippen LogP contribution in [0.25, 0.3) is 0 Å². The zero-order valence-electron chi connectivity index (χ0n) is 14.7. The van der Waals surface area contributed by atoms with Gasteiger partial charge in [0.2, 0.25) is 0 Å². The lowest BCUT2D eigenvalue weighted by atomic mass is 10.1. The van der Waals surface area contributed by atoms with E-state index in [0.29, 0.717) is 13.0 Å². The fourth-order valence-corrected chi connectivity index (χ4v) is 2.71. The van der Waals surface area contributed by atoms with Crippen molar-refractivity contribution in [2.75, 3.05) is 13.1 Å². The molecular weight excluding hydrogens is 308 g/mol. The van der Waals surface area contributed by atoms with Gasteiger partial charge < -0.3 is 10.4 Å². The van der Waals surface area contributed by atoms with E-state index in [-0.39, 0.29) is 0 Å². The van der Waals surface area contributed by atoms with Crippen LogP contribution < -0.4 is 5.32 Å². The van der Waals surface area contributed by atoms with Crippen LogP contribution >= 0.6 is 12.2 Å². The molecule has 0 aromatic rings. The van der Waals surface area contributed by atoms with Crippen LogP contribution in [0.5, 0.6) is 0 Å². The Morgan fingerprint density at radius 2 is 1.61 bits per heavy atom. The molecule has 0 amide bonds. The molecule has 1 unspecified atom stereocenters. The number of carboxylic acids is 1. The Labute approximate surface area is 147 Å². The second-order valence-corrected chi connectivity index (χ2v) is 6.32. The minimum absolute atomic E-state index is 0.464. The van der Waals surface area contributed by atoms with Gasteiger partial charge in [-0.05, 0) is 38.0 Å².